The number of aryl methyl sites for hydroxylation is 1. The van der Waals surface area contributed by atoms with Crippen molar-refractivity contribution >= 4 is 11.9 Å². The zero-order valence-electron chi connectivity index (χ0n) is 37.0. The average Bonchev–Trinajstić information content (AvgIpc) is 3.84. The molecule has 0 amide bonds. The number of aromatic hydroxyl groups is 1. The number of piperazine rings is 1. The van der Waals surface area contributed by atoms with E-state index in [0.717, 1.165) is 90.5 Å². The van der Waals surface area contributed by atoms with Crippen molar-refractivity contribution in [1.82, 2.24) is 40.4 Å². The van der Waals surface area contributed by atoms with Gasteiger partial charge in [-0.3, -0.25) is 9.80 Å². The van der Waals surface area contributed by atoms with Gasteiger partial charge in [0.25, 0.3) is 0 Å². The van der Waals surface area contributed by atoms with Gasteiger partial charge in [-0.2, -0.15) is 0 Å². The first-order valence-corrected chi connectivity index (χ1v) is 22.5. The molecular weight excluding hydrogens is 788 g/mol. The number of benzene rings is 4. The maximum atomic E-state index is 14.6. The Kier molecular flexibility index (Phi) is 14.3. The third-order valence-electron chi connectivity index (χ3n) is 12.5. The van der Waals surface area contributed by atoms with Crippen LogP contribution in [0.2, 0.25) is 0 Å². The number of aromatic nitrogens is 4. The molecule has 1 unspecified atom stereocenters. The summed E-state index contributed by atoms with van der Waals surface area (Å²) in [6, 6.07) is 34.6. The van der Waals surface area contributed by atoms with Crippen LogP contribution in [0.4, 0.5) is 16.3 Å². The third kappa shape index (κ3) is 11.1. The zero-order valence-corrected chi connectivity index (χ0v) is 37.0. The van der Waals surface area contributed by atoms with E-state index < -0.39 is 0 Å². The summed E-state index contributed by atoms with van der Waals surface area (Å²) in [5.41, 5.74) is 9.13. The first-order valence-electron chi connectivity index (χ1n) is 22.5. The van der Waals surface area contributed by atoms with Crippen LogP contribution in [0, 0.1) is 12.7 Å². The molecule has 4 aromatic carbocycles. The van der Waals surface area contributed by atoms with Crippen LogP contribution >= 0.6 is 0 Å². The molecule has 12 heteroatoms. The molecule has 0 spiro atoms. The van der Waals surface area contributed by atoms with Crippen molar-refractivity contribution in [1.29, 1.82) is 0 Å². The summed E-state index contributed by atoms with van der Waals surface area (Å²) in [6.45, 7) is 15.6. The van der Waals surface area contributed by atoms with E-state index in [-0.39, 0.29) is 29.8 Å². The summed E-state index contributed by atoms with van der Waals surface area (Å²) in [4.78, 5) is 27.4. The fourth-order valence-corrected chi connectivity index (χ4v) is 9.08. The lowest BCUT2D eigenvalue weighted by Crippen LogP contribution is -2.58. The van der Waals surface area contributed by atoms with E-state index in [0.29, 0.717) is 37.4 Å². The van der Waals surface area contributed by atoms with E-state index in [4.69, 9.17) is 15.0 Å². The van der Waals surface area contributed by atoms with Crippen molar-refractivity contribution in [3.63, 3.8) is 0 Å². The minimum atomic E-state index is -0.265. The molecule has 4 heterocycles. The summed E-state index contributed by atoms with van der Waals surface area (Å²) in [6.07, 6.45) is 5.89. The molecule has 2 aliphatic heterocycles. The highest BCUT2D eigenvalue weighted by Crippen LogP contribution is 2.36. The van der Waals surface area contributed by atoms with Gasteiger partial charge in [-0.05, 0) is 129 Å². The van der Waals surface area contributed by atoms with Crippen LogP contribution in [-0.2, 0) is 19.4 Å². The van der Waals surface area contributed by atoms with E-state index >= 15 is 0 Å². The van der Waals surface area contributed by atoms with Gasteiger partial charge in [0.2, 0.25) is 11.9 Å². The molecule has 0 bridgehead atoms. The van der Waals surface area contributed by atoms with Gasteiger partial charge < -0.3 is 26.0 Å². The van der Waals surface area contributed by atoms with Crippen LogP contribution in [0.3, 0.4) is 0 Å². The molecule has 328 valence electrons. The lowest BCUT2D eigenvalue weighted by molar-refractivity contribution is 0.0910. The van der Waals surface area contributed by atoms with E-state index in [2.05, 4.69) is 106 Å². The average molecular weight is 849 g/mol. The molecule has 0 radical (unpaired) electrons. The Hall–Kier alpha value is -5.79. The van der Waals surface area contributed by atoms with Gasteiger partial charge in [-0.15, -0.1) is 0 Å². The van der Waals surface area contributed by atoms with Gasteiger partial charge in [0, 0.05) is 80.9 Å². The summed E-state index contributed by atoms with van der Waals surface area (Å²) < 4.78 is 14.6. The van der Waals surface area contributed by atoms with E-state index in [1.54, 1.807) is 30.5 Å². The Labute approximate surface area is 371 Å². The number of nitrogens with one attached hydrogen (secondary N) is 3. The Balaban J connectivity index is 1.16. The molecule has 2 aromatic heterocycles. The summed E-state index contributed by atoms with van der Waals surface area (Å²) in [7, 11) is 0. The molecule has 2 fully saturated rings. The molecule has 2 aliphatic rings. The van der Waals surface area contributed by atoms with Crippen LogP contribution in [0.5, 0.6) is 5.75 Å². The molecule has 4 N–H and O–H groups in total. The Bertz CT molecular complexity index is 2440. The van der Waals surface area contributed by atoms with E-state index in [1.807, 2.05) is 36.5 Å². The van der Waals surface area contributed by atoms with Gasteiger partial charge in [0.1, 0.15) is 17.7 Å². The normalized spacial score (nSPS) is 18.4. The Morgan fingerprint density at radius 2 is 1.65 bits per heavy atom. The zero-order chi connectivity index (χ0) is 43.7. The molecule has 0 aliphatic carbocycles. The lowest BCUT2D eigenvalue weighted by atomic mass is 9.97. The highest BCUT2D eigenvalue weighted by molar-refractivity contribution is 5.66. The molecule has 8 rings (SSSR count). The molecule has 6 aromatic rings. The summed E-state index contributed by atoms with van der Waals surface area (Å²) in [5.74, 6) is 1.17. The number of nitrogens with zero attached hydrogens (tertiary/aromatic N) is 7. The van der Waals surface area contributed by atoms with Crippen molar-refractivity contribution < 1.29 is 9.50 Å². The number of rotatable bonds is 17. The SMILES string of the molecule is CCN(Cc1cccc(-c2ccnc(N(CCc3cccc(F)c3)C(c3ccc(C)c(-c4ccnc(NCCc5cccc(O)c5)n4)c3)N3C[C@H](C)NC[C@@H]3C)n2)c1)[C@H]1CCNC1. The summed E-state index contributed by atoms with van der Waals surface area (Å²) in [5, 5.41) is 20.5. The van der Waals surface area contributed by atoms with Gasteiger partial charge in [0.15, 0.2) is 0 Å². The predicted molar refractivity (Wildman–Crippen MR) is 251 cm³/mol. The van der Waals surface area contributed by atoms with Crippen molar-refractivity contribution in [2.45, 2.75) is 77.8 Å². The quantitative estimate of drug-likeness (QED) is 0.0715. The van der Waals surface area contributed by atoms with Gasteiger partial charge in [0.05, 0.1) is 11.4 Å². The Morgan fingerprint density at radius 3 is 2.46 bits per heavy atom. The van der Waals surface area contributed by atoms with Crippen molar-refractivity contribution in [2.75, 3.05) is 56.0 Å². The number of hydrogen-bond donors (Lipinski definition) is 4. The van der Waals surface area contributed by atoms with Crippen LogP contribution in [-0.4, -0.2) is 98.8 Å². The fourth-order valence-electron chi connectivity index (χ4n) is 9.08. The van der Waals surface area contributed by atoms with Crippen LogP contribution < -0.4 is 20.9 Å². The second kappa shape index (κ2) is 20.6. The monoisotopic (exact) mass is 849 g/mol. The van der Waals surface area contributed by atoms with Gasteiger partial charge in [-0.1, -0.05) is 61.5 Å². The van der Waals surface area contributed by atoms with E-state index in [9.17, 15) is 9.50 Å². The highest BCUT2D eigenvalue weighted by atomic mass is 19.1. The molecule has 2 saturated heterocycles. The van der Waals surface area contributed by atoms with Crippen LogP contribution in [0.1, 0.15) is 61.2 Å². The van der Waals surface area contributed by atoms with E-state index in [1.165, 1.54) is 18.1 Å². The molecule has 11 nitrogen and oxygen atoms in total. The molecular formula is C51H61FN10O. The van der Waals surface area contributed by atoms with Crippen LogP contribution in [0.15, 0.2) is 116 Å². The lowest BCUT2D eigenvalue weighted by Gasteiger charge is -2.47. The first kappa shape index (κ1) is 43.8. The number of anilines is 2. The first-order chi connectivity index (χ1) is 30.7. The van der Waals surface area contributed by atoms with Gasteiger partial charge >= 0.3 is 0 Å². The second-order valence-corrected chi connectivity index (χ2v) is 17.1. The largest absolute Gasteiger partial charge is 0.508 e. The smallest absolute Gasteiger partial charge is 0.227 e. The van der Waals surface area contributed by atoms with Crippen LogP contribution in [0.25, 0.3) is 22.5 Å². The number of likely N-dealkylation sites (N-methyl/N-ethyl adjacent to an activating group) is 1. The number of hydrogen-bond acceptors (Lipinski definition) is 11. The number of halogens is 1. The standard InChI is InChI=1S/C51H61FN10O/c1-5-60(44-18-22-53-32-44)34-40-11-6-12-41(27-40)47-19-25-56-51(59-47)61(26-21-39-9-7-13-43(52)28-39)49(62-33-36(3)57-31-37(62)4)42-16-15-35(2)46(30-42)48-20-24-55-50(58-48)54-23-17-38-10-8-14-45(63)29-38/h6-16,19-20,24-25,27-30,36-37,44,49,53,57,63H,5,17-18,21-23,26,31-34H2,1-4H3,(H,54,55,58)/t36-,37-,44-,49?/m0/s1. The minimum absolute atomic E-state index is 0.186. The molecule has 0 saturated carbocycles. The number of phenolic OH excluding ortho intramolecular Hbond substituents is 1. The predicted octanol–water partition coefficient (Wildman–Crippen LogP) is 8.02. The van der Waals surface area contributed by atoms with Crippen molar-refractivity contribution in [3.8, 4) is 28.3 Å². The van der Waals surface area contributed by atoms with Gasteiger partial charge in [-0.25, -0.2) is 24.3 Å². The minimum Gasteiger partial charge on any atom is -0.508 e. The Morgan fingerprint density at radius 1 is 0.857 bits per heavy atom. The topological polar surface area (TPSA) is 118 Å². The highest BCUT2D eigenvalue weighted by Gasteiger charge is 2.35. The van der Waals surface area contributed by atoms with Crippen molar-refractivity contribution in [2.24, 2.45) is 0 Å². The second-order valence-electron chi connectivity index (χ2n) is 17.1. The molecule has 63 heavy (non-hydrogen) atoms. The maximum absolute atomic E-state index is 14.6. The molecule has 4 atom stereocenters. The third-order valence-corrected chi connectivity index (χ3v) is 12.5. The summed E-state index contributed by atoms with van der Waals surface area (Å²) >= 11 is 0. The fraction of sp³-hybridized carbons (Fsp3) is 0.373. The van der Waals surface area contributed by atoms with Crippen molar-refractivity contribution in [3.05, 3.63) is 149 Å². The maximum Gasteiger partial charge on any atom is 0.227 e. The number of phenols is 1.